The van der Waals surface area contributed by atoms with Crippen molar-refractivity contribution in [2.45, 2.75) is 39.7 Å². The third kappa shape index (κ3) is 3.26. The van der Waals surface area contributed by atoms with E-state index in [1.165, 1.54) is 4.88 Å². The summed E-state index contributed by atoms with van der Waals surface area (Å²) in [4.78, 5) is 5.83. The Labute approximate surface area is 95.6 Å². The molecule has 0 aliphatic carbocycles. The number of thiazole rings is 1. The lowest BCUT2D eigenvalue weighted by molar-refractivity contribution is 0.275. The minimum Gasteiger partial charge on any atom is -0.396 e. The van der Waals surface area contributed by atoms with Crippen molar-refractivity contribution in [1.29, 1.82) is 0 Å². The minimum absolute atomic E-state index is 0.0984. The summed E-state index contributed by atoms with van der Waals surface area (Å²) < 4.78 is 0. The van der Waals surface area contributed by atoms with E-state index >= 15 is 0 Å². The Bertz CT molecular complexity index is 301. The highest BCUT2D eigenvalue weighted by molar-refractivity contribution is 7.11. The molecule has 1 rings (SSSR count). The Morgan fingerprint density at radius 3 is 2.53 bits per heavy atom. The zero-order valence-electron chi connectivity index (χ0n) is 9.92. The number of hydrogen-bond donors (Lipinski definition) is 2. The predicted octanol–water partition coefficient (Wildman–Crippen LogP) is 1.97. The summed E-state index contributed by atoms with van der Waals surface area (Å²) in [5.74, 6) is 0. The van der Waals surface area contributed by atoms with Gasteiger partial charge in [0.25, 0.3) is 0 Å². The number of aliphatic hydroxyl groups excluding tert-OH is 1. The summed E-state index contributed by atoms with van der Waals surface area (Å²) in [5.41, 5.74) is 1.02. The van der Waals surface area contributed by atoms with Crippen LogP contribution in [-0.2, 0) is 5.54 Å². The fourth-order valence-corrected chi connectivity index (χ4v) is 2.29. The van der Waals surface area contributed by atoms with Gasteiger partial charge < -0.3 is 10.4 Å². The maximum atomic E-state index is 8.73. The highest BCUT2D eigenvalue weighted by atomic mass is 32.1. The zero-order chi connectivity index (χ0) is 11.5. The van der Waals surface area contributed by atoms with E-state index in [-0.39, 0.29) is 12.1 Å². The Balaban J connectivity index is 2.67. The number of aromatic nitrogens is 1. The number of aliphatic hydroxyl groups is 1. The first-order valence-electron chi connectivity index (χ1n) is 5.28. The van der Waals surface area contributed by atoms with Crippen LogP contribution in [0.15, 0.2) is 0 Å². The Kier molecular flexibility index (Phi) is 4.25. The molecular formula is C11H20N2OS. The zero-order valence-corrected chi connectivity index (χ0v) is 10.7. The second-order valence-electron chi connectivity index (χ2n) is 4.29. The largest absolute Gasteiger partial charge is 0.396 e. The maximum absolute atomic E-state index is 8.73. The van der Waals surface area contributed by atoms with Crippen LogP contribution in [0.2, 0.25) is 0 Å². The number of aryl methyl sites for hydroxylation is 2. The molecule has 0 saturated heterocycles. The van der Waals surface area contributed by atoms with Crippen LogP contribution in [0.5, 0.6) is 0 Å². The van der Waals surface area contributed by atoms with Crippen molar-refractivity contribution in [3.8, 4) is 0 Å². The minimum atomic E-state index is -0.0984. The molecule has 15 heavy (non-hydrogen) atoms. The van der Waals surface area contributed by atoms with E-state index in [0.717, 1.165) is 23.7 Å². The summed E-state index contributed by atoms with van der Waals surface area (Å²) in [6.45, 7) is 9.45. The second-order valence-corrected chi connectivity index (χ2v) is 5.49. The van der Waals surface area contributed by atoms with E-state index in [0.29, 0.717) is 0 Å². The van der Waals surface area contributed by atoms with E-state index in [1.54, 1.807) is 11.3 Å². The summed E-state index contributed by atoms with van der Waals surface area (Å²) in [6, 6.07) is 0. The molecule has 0 saturated carbocycles. The van der Waals surface area contributed by atoms with E-state index in [1.807, 2.05) is 6.92 Å². The van der Waals surface area contributed by atoms with Crippen LogP contribution in [0.25, 0.3) is 0 Å². The van der Waals surface area contributed by atoms with E-state index in [2.05, 4.69) is 31.1 Å². The number of rotatable bonds is 5. The van der Waals surface area contributed by atoms with Gasteiger partial charge in [0.15, 0.2) is 0 Å². The quantitative estimate of drug-likeness (QED) is 0.757. The smallest absolute Gasteiger partial charge is 0.113 e. The molecule has 0 bridgehead atoms. The Hall–Kier alpha value is -0.450. The summed E-state index contributed by atoms with van der Waals surface area (Å²) >= 11 is 1.74. The van der Waals surface area contributed by atoms with Crippen molar-refractivity contribution < 1.29 is 5.11 Å². The molecule has 0 radical (unpaired) electrons. The van der Waals surface area contributed by atoms with Gasteiger partial charge in [-0.2, -0.15) is 0 Å². The topological polar surface area (TPSA) is 45.2 Å². The lowest BCUT2D eigenvalue weighted by Crippen LogP contribution is -2.37. The van der Waals surface area contributed by atoms with Crippen LogP contribution in [-0.4, -0.2) is 23.2 Å². The van der Waals surface area contributed by atoms with Crippen molar-refractivity contribution in [3.05, 3.63) is 15.6 Å². The number of nitrogens with one attached hydrogen (secondary N) is 1. The molecule has 2 N–H and O–H groups in total. The molecule has 0 aliphatic heterocycles. The van der Waals surface area contributed by atoms with Crippen LogP contribution in [0.4, 0.5) is 0 Å². The maximum Gasteiger partial charge on any atom is 0.113 e. The van der Waals surface area contributed by atoms with Gasteiger partial charge in [0.2, 0.25) is 0 Å². The van der Waals surface area contributed by atoms with Crippen molar-refractivity contribution in [2.75, 3.05) is 13.2 Å². The predicted molar refractivity (Wildman–Crippen MR) is 64.3 cm³/mol. The van der Waals surface area contributed by atoms with Gasteiger partial charge in [0.1, 0.15) is 5.01 Å². The molecule has 0 unspecified atom stereocenters. The van der Waals surface area contributed by atoms with Gasteiger partial charge in [-0.1, -0.05) is 0 Å². The van der Waals surface area contributed by atoms with Crippen molar-refractivity contribution in [3.63, 3.8) is 0 Å². The molecule has 1 heterocycles. The van der Waals surface area contributed by atoms with Crippen molar-refractivity contribution in [1.82, 2.24) is 10.3 Å². The lowest BCUT2D eigenvalue weighted by Gasteiger charge is -2.23. The second kappa shape index (κ2) is 5.05. The normalized spacial score (nSPS) is 12.1. The van der Waals surface area contributed by atoms with Gasteiger partial charge in [0.05, 0.1) is 11.2 Å². The summed E-state index contributed by atoms with van der Waals surface area (Å²) in [7, 11) is 0. The molecule has 0 aromatic carbocycles. The van der Waals surface area contributed by atoms with E-state index < -0.39 is 0 Å². The fourth-order valence-electron chi connectivity index (χ4n) is 1.30. The standard InChI is InChI=1S/C11H20N2OS/c1-8-9(2)15-10(13-8)11(3,4)12-6-5-7-14/h12,14H,5-7H2,1-4H3. The van der Waals surface area contributed by atoms with Crippen molar-refractivity contribution >= 4 is 11.3 Å². The average Bonchev–Trinajstić information content (AvgIpc) is 2.48. The van der Waals surface area contributed by atoms with Crippen LogP contribution in [0.3, 0.4) is 0 Å². The van der Waals surface area contributed by atoms with Crippen LogP contribution >= 0.6 is 11.3 Å². The van der Waals surface area contributed by atoms with Crippen molar-refractivity contribution in [2.24, 2.45) is 0 Å². The van der Waals surface area contributed by atoms with Crippen LogP contribution in [0.1, 0.15) is 35.8 Å². The van der Waals surface area contributed by atoms with Gasteiger partial charge in [-0.05, 0) is 40.7 Å². The van der Waals surface area contributed by atoms with E-state index in [4.69, 9.17) is 5.11 Å². The molecule has 86 valence electrons. The molecule has 3 nitrogen and oxygen atoms in total. The van der Waals surface area contributed by atoms with Crippen LogP contribution in [0, 0.1) is 13.8 Å². The van der Waals surface area contributed by atoms with Gasteiger partial charge in [-0.3, -0.25) is 0 Å². The van der Waals surface area contributed by atoms with Gasteiger partial charge in [-0.15, -0.1) is 11.3 Å². The first-order valence-corrected chi connectivity index (χ1v) is 6.09. The summed E-state index contributed by atoms with van der Waals surface area (Å²) in [5, 5.41) is 13.3. The molecule has 0 fully saturated rings. The molecule has 0 spiro atoms. The Morgan fingerprint density at radius 1 is 1.40 bits per heavy atom. The molecule has 1 aromatic rings. The highest BCUT2D eigenvalue weighted by Crippen LogP contribution is 2.26. The number of hydrogen-bond acceptors (Lipinski definition) is 4. The Morgan fingerprint density at radius 2 is 2.07 bits per heavy atom. The molecule has 0 aliphatic rings. The summed E-state index contributed by atoms with van der Waals surface area (Å²) in [6.07, 6.45) is 0.784. The molecule has 0 amide bonds. The third-order valence-electron chi connectivity index (χ3n) is 2.47. The molecule has 0 atom stereocenters. The van der Waals surface area contributed by atoms with E-state index in [9.17, 15) is 0 Å². The molecule has 4 heteroatoms. The first-order chi connectivity index (χ1) is 6.97. The van der Waals surface area contributed by atoms with Crippen LogP contribution < -0.4 is 5.32 Å². The van der Waals surface area contributed by atoms with Gasteiger partial charge in [0, 0.05) is 11.5 Å². The monoisotopic (exact) mass is 228 g/mol. The molecule has 1 aromatic heterocycles. The highest BCUT2D eigenvalue weighted by Gasteiger charge is 2.23. The fraction of sp³-hybridized carbons (Fsp3) is 0.727. The average molecular weight is 228 g/mol. The molecular weight excluding hydrogens is 208 g/mol. The number of nitrogens with zero attached hydrogens (tertiary/aromatic N) is 1. The first kappa shape index (κ1) is 12.6. The lowest BCUT2D eigenvalue weighted by atomic mass is 10.1. The third-order valence-corrected chi connectivity index (χ3v) is 3.86. The van der Waals surface area contributed by atoms with Gasteiger partial charge >= 0.3 is 0 Å². The SMILES string of the molecule is Cc1nc(C(C)(C)NCCCO)sc1C. The van der Waals surface area contributed by atoms with Gasteiger partial charge in [-0.25, -0.2) is 4.98 Å².